The summed E-state index contributed by atoms with van der Waals surface area (Å²) in [4.78, 5) is 4.50. The fraction of sp³-hybridized carbons (Fsp3) is 0.316. The molecule has 0 unspecified atom stereocenters. The van der Waals surface area contributed by atoms with E-state index in [0.717, 1.165) is 18.5 Å². The van der Waals surface area contributed by atoms with Crippen molar-refractivity contribution in [3.8, 4) is 0 Å². The van der Waals surface area contributed by atoms with Crippen LogP contribution in [0.25, 0.3) is 0 Å². The van der Waals surface area contributed by atoms with E-state index in [9.17, 15) is 8.42 Å². The molecule has 1 aliphatic rings. The Balaban J connectivity index is 0.00000243. The van der Waals surface area contributed by atoms with Gasteiger partial charge in [0.25, 0.3) is 0 Å². The van der Waals surface area contributed by atoms with Gasteiger partial charge in [-0.25, -0.2) is 8.42 Å². The van der Waals surface area contributed by atoms with Gasteiger partial charge in [-0.1, -0.05) is 30.3 Å². The molecule has 0 spiro atoms. The second-order valence-electron chi connectivity index (χ2n) is 6.17. The molecule has 2 aromatic rings. The zero-order chi connectivity index (χ0) is 17.7. The Labute approximate surface area is 172 Å². The Bertz CT molecular complexity index is 868. The van der Waals surface area contributed by atoms with E-state index in [4.69, 9.17) is 5.73 Å². The van der Waals surface area contributed by atoms with Gasteiger partial charge in [-0.05, 0) is 55.0 Å². The fourth-order valence-corrected chi connectivity index (χ4v) is 4.25. The third kappa shape index (κ3) is 5.20. The van der Waals surface area contributed by atoms with Crippen molar-refractivity contribution in [2.24, 2.45) is 10.7 Å². The molecule has 5 nitrogen and oxygen atoms in total. The van der Waals surface area contributed by atoms with Gasteiger partial charge in [0.2, 0.25) is 0 Å². The first-order valence-corrected chi connectivity index (χ1v) is 10.2. The van der Waals surface area contributed by atoms with Crippen LogP contribution in [0.4, 0.5) is 5.69 Å². The van der Waals surface area contributed by atoms with Crippen LogP contribution in [0.5, 0.6) is 0 Å². The van der Waals surface area contributed by atoms with E-state index in [-0.39, 0.29) is 42.2 Å². The van der Waals surface area contributed by atoms with E-state index in [1.54, 1.807) is 30.3 Å². The second kappa shape index (κ2) is 9.36. The number of halogens is 1. The average Bonchev–Trinajstić information content (AvgIpc) is 2.63. The van der Waals surface area contributed by atoms with E-state index in [1.807, 2.05) is 12.1 Å². The molecule has 0 heterocycles. The highest BCUT2D eigenvalue weighted by Crippen LogP contribution is 2.27. The summed E-state index contributed by atoms with van der Waals surface area (Å²) in [6.45, 7) is 0.130. The van der Waals surface area contributed by atoms with Crippen LogP contribution >= 0.6 is 24.0 Å². The quantitative estimate of drug-likeness (QED) is 0.387. The maximum atomic E-state index is 12.2. The van der Waals surface area contributed by atoms with Crippen LogP contribution in [0.3, 0.4) is 0 Å². The second-order valence-corrected chi connectivity index (χ2v) is 8.28. The number of hydrogen-bond donors (Lipinski definition) is 2. The third-order valence-corrected chi connectivity index (χ3v) is 6.11. The molecule has 0 fully saturated rings. The van der Waals surface area contributed by atoms with Gasteiger partial charge in [-0.15, -0.1) is 24.0 Å². The summed E-state index contributed by atoms with van der Waals surface area (Å²) in [6.07, 6.45) is 4.53. The van der Waals surface area contributed by atoms with Crippen LogP contribution in [0, 0.1) is 0 Å². The number of nitrogens with one attached hydrogen (secondary N) is 1. The molecule has 0 atom stereocenters. The summed E-state index contributed by atoms with van der Waals surface area (Å²) < 4.78 is 24.5. The molecule has 26 heavy (non-hydrogen) atoms. The predicted molar refractivity (Wildman–Crippen MR) is 117 cm³/mol. The van der Waals surface area contributed by atoms with E-state index < -0.39 is 9.84 Å². The van der Waals surface area contributed by atoms with Crippen molar-refractivity contribution in [2.45, 2.75) is 30.6 Å². The number of aliphatic imine (C=N–C) groups is 1. The average molecular weight is 485 g/mol. The smallest absolute Gasteiger partial charge is 0.193 e. The Kier molecular flexibility index (Phi) is 7.45. The lowest BCUT2D eigenvalue weighted by Gasteiger charge is -2.19. The Morgan fingerprint density at radius 1 is 1.04 bits per heavy atom. The van der Waals surface area contributed by atoms with Gasteiger partial charge in [0.05, 0.1) is 17.2 Å². The lowest BCUT2D eigenvalue weighted by Crippen LogP contribution is -2.25. The fourth-order valence-electron chi connectivity index (χ4n) is 3.11. The maximum Gasteiger partial charge on any atom is 0.193 e. The van der Waals surface area contributed by atoms with Crippen molar-refractivity contribution >= 4 is 45.5 Å². The minimum atomic E-state index is -3.33. The number of nitrogens with two attached hydrogens (primary N) is 1. The van der Waals surface area contributed by atoms with Gasteiger partial charge in [0, 0.05) is 5.69 Å². The lowest BCUT2D eigenvalue weighted by atomic mass is 9.90. The summed E-state index contributed by atoms with van der Waals surface area (Å²) in [6, 6.07) is 14.6. The molecule has 0 amide bonds. The highest BCUT2D eigenvalue weighted by atomic mass is 127. The van der Waals surface area contributed by atoms with Crippen molar-refractivity contribution < 1.29 is 8.42 Å². The van der Waals surface area contributed by atoms with Crippen LogP contribution in [0.1, 0.15) is 24.0 Å². The SMILES string of the molecule is I.NC(=NCCS(=O)(=O)c1ccccc1)Nc1cccc2c1CCCC2. The number of hydrogen-bond acceptors (Lipinski definition) is 3. The van der Waals surface area contributed by atoms with E-state index >= 15 is 0 Å². The zero-order valence-electron chi connectivity index (χ0n) is 14.5. The van der Waals surface area contributed by atoms with Crippen LogP contribution in [0.15, 0.2) is 58.4 Å². The van der Waals surface area contributed by atoms with Crippen molar-refractivity contribution in [3.63, 3.8) is 0 Å². The number of nitrogens with zero attached hydrogens (tertiary/aromatic N) is 1. The minimum Gasteiger partial charge on any atom is -0.370 e. The van der Waals surface area contributed by atoms with Gasteiger partial charge in [-0.3, -0.25) is 4.99 Å². The molecule has 2 aromatic carbocycles. The monoisotopic (exact) mass is 485 g/mol. The number of guanidine groups is 1. The van der Waals surface area contributed by atoms with E-state index in [1.165, 1.54) is 24.0 Å². The topological polar surface area (TPSA) is 84.5 Å². The molecular formula is C19H24IN3O2S. The Morgan fingerprint density at radius 3 is 2.54 bits per heavy atom. The van der Waals surface area contributed by atoms with Crippen LogP contribution in [0.2, 0.25) is 0 Å². The van der Waals surface area contributed by atoms with Gasteiger partial charge < -0.3 is 11.1 Å². The molecule has 7 heteroatoms. The minimum absolute atomic E-state index is 0. The molecule has 0 saturated carbocycles. The maximum absolute atomic E-state index is 12.2. The number of rotatable bonds is 5. The summed E-state index contributed by atoms with van der Waals surface area (Å²) in [7, 11) is -3.33. The number of sulfone groups is 1. The molecule has 0 aliphatic heterocycles. The zero-order valence-corrected chi connectivity index (χ0v) is 17.7. The third-order valence-electron chi connectivity index (χ3n) is 4.40. The van der Waals surface area contributed by atoms with Crippen LogP contribution in [-0.4, -0.2) is 26.7 Å². The molecule has 0 bridgehead atoms. The van der Waals surface area contributed by atoms with Gasteiger partial charge in [0.1, 0.15) is 0 Å². The van der Waals surface area contributed by atoms with Crippen LogP contribution in [-0.2, 0) is 22.7 Å². The van der Waals surface area contributed by atoms with Gasteiger partial charge in [0.15, 0.2) is 15.8 Å². The first kappa shape index (κ1) is 20.7. The summed E-state index contributed by atoms with van der Waals surface area (Å²) in [5.41, 5.74) is 9.58. The molecule has 0 radical (unpaired) electrons. The summed E-state index contributed by atoms with van der Waals surface area (Å²) in [5.74, 6) is 0.189. The van der Waals surface area contributed by atoms with Crippen molar-refractivity contribution in [3.05, 3.63) is 59.7 Å². The summed E-state index contributed by atoms with van der Waals surface area (Å²) >= 11 is 0. The number of benzene rings is 2. The predicted octanol–water partition coefficient (Wildman–Crippen LogP) is 3.38. The first-order chi connectivity index (χ1) is 12.1. The largest absolute Gasteiger partial charge is 0.370 e. The van der Waals surface area contributed by atoms with E-state index in [0.29, 0.717) is 4.90 Å². The standard InChI is InChI=1S/C19H23N3O2S.HI/c20-19(21-13-14-25(23,24)16-9-2-1-3-10-16)22-18-12-6-8-15-7-4-5-11-17(15)18;/h1-3,6,8-10,12H,4-5,7,11,13-14H2,(H3,20,21,22);1H. The molecule has 0 aromatic heterocycles. The molecule has 0 saturated heterocycles. The van der Waals surface area contributed by atoms with Gasteiger partial charge >= 0.3 is 0 Å². The molecule has 140 valence electrons. The Morgan fingerprint density at radius 2 is 1.77 bits per heavy atom. The molecule has 3 rings (SSSR count). The number of fused-ring (bicyclic) bond motifs is 1. The molecular weight excluding hydrogens is 461 g/mol. The first-order valence-electron chi connectivity index (χ1n) is 8.52. The number of anilines is 1. The molecule has 1 aliphatic carbocycles. The van der Waals surface area contributed by atoms with Crippen LogP contribution < -0.4 is 11.1 Å². The van der Waals surface area contributed by atoms with Gasteiger partial charge in [-0.2, -0.15) is 0 Å². The highest BCUT2D eigenvalue weighted by molar-refractivity contribution is 14.0. The normalized spacial score (nSPS) is 14.2. The lowest BCUT2D eigenvalue weighted by molar-refractivity contribution is 0.596. The molecule has 3 N–H and O–H groups in total. The van der Waals surface area contributed by atoms with Crippen molar-refractivity contribution in [2.75, 3.05) is 17.6 Å². The highest BCUT2D eigenvalue weighted by Gasteiger charge is 2.14. The number of aryl methyl sites for hydroxylation is 1. The van der Waals surface area contributed by atoms with Crippen molar-refractivity contribution in [1.29, 1.82) is 0 Å². The van der Waals surface area contributed by atoms with E-state index in [2.05, 4.69) is 16.4 Å². The summed E-state index contributed by atoms with van der Waals surface area (Å²) in [5, 5.41) is 3.13. The van der Waals surface area contributed by atoms with Crippen molar-refractivity contribution in [1.82, 2.24) is 0 Å². The Hall–Kier alpha value is -1.61.